The van der Waals surface area contributed by atoms with E-state index in [2.05, 4.69) is 21.2 Å². The molecule has 0 aliphatic heterocycles. The van der Waals surface area contributed by atoms with Crippen LogP contribution in [-0.4, -0.2) is 17.3 Å². The summed E-state index contributed by atoms with van der Waals surface area (Å²) in [6, 6.07) is 3.22. The number of hydrogen-bond donors (Lipinski definition) is 3. The number of anilines is 1. The van der Waals surface area contributed by atoms with E-state index >= 15 is 0 Å². The molecule has 0 spiro atoms. The second-order valence-electron chi connectivity index (χ2n) is 4.85. The zero-order valence-electron chi connectivity index (χ0n) is 10.1. The van der Waals surface area contributed by atoms with Gasteiger partial charge in [0.15, 0.2) is 0 Å². The van der Waals surface area contributed by atoms with Gasteiger partial charge in [-0.25, -0.2) is 4.39 Å². The summed E-state index contributed by atoms with van der Waals surface area (Å²) in [7, 11) is 0. The molecule has 1 saturated carbocycles. The van der Waals surface area contributed by atoms with Crippen LogP contribution in [0.15, 0.2) is 16.6 Å². The highest BCUT2D eigenvalue weighted by atomic mass is 79.9. The Morgan fingerprint density at radius 1 is 1.33 bits per heavy atom. The van der Waals surface area contributed by atoms with Gasteiger partial charge in [0, 0.05) is 17.1 Å². The molecule has 1 fully saturated rings. The molecule has 1 aliphatic rings. The molecule has 0 radical (unpaired) electrons. The molecule has 0 aromatic heterocycles. The molecule has 4 N–H and O–H groups in total. The topological polar surface area (TPSA) is 58.3 Å². The van der Waals surface area contributed by atoms with Gasteiger partial charge in [-0.2, -0.15) is 0 Å². The van der Waals surface area contributed by atoms with Gasteiger partial charge in [-0.05, 0) is 59.3 Å². The number of nitrogens with one attached hydrogen (secondary N) is 1. The van der Waals surface area contributed by atoms with E-state index in [0.29, 0.717) is 22.7 Å². The van der Waals surface area contributed by atoms with Gasteiger partial charge in [0.25, 0.3) is 0 Å². The molecule has 0 amide bonds. The van der Waals surface area contributed by atoms with E-state index in [0.717, 1.165) is 31.2 Å². The second-order valence-corrected chi connectivity index (χ2v) is 5.70. The van der Waals surface area contributed by atoms with E-state index in [9.17, 15) is 9.50 Å². The predicted molar refractivity (Wildman–Crippen MR) is 73.6 cm³/mol. The first-order valence-corrected chi connectivity index (χ1v) is 7.00. The molecule has 1 aromatic rings. The van der Waals surface area contributed by atoms with Gasteiger partial charge < -0.3 is 16.2 Å². The second kappa shape index (κ2) is 5.99. The Balaban J connectivity index is 1.94. The third-order valence-electron chi connectivity index (χ3n) is 3.46. The lowest BCUT2D eigenvalue weighted by molar-refractivity contribution is 0.116. The van der Waals surface area contributed by atoms with Crippen LogP contribution >= 0.6 is 15.9 Å². The molecule has 1 aromatic carbocycles. The molecule has 0 unspecified atom stereocenters. The minimum Gasteiger partial charge on any atom is -0.398 e. The van der Waals surface area contributed by atoms with Gasteiger partial charge >= 0.3 is 0 Å². The largest absolute Gasteiger partial charge is 0.398 e. The number of benzene rings is 1. The van der Waals surface area contributed by atoms with Gasteiger partial charge in [-0.3, -0.25) is 0 Å². The quantitative estimate of drug-likeness (QED) is 0.751. The average Bonchev–Trinajstić information content (AvgIpc) is 2.34. The third-order valence-corrected chi connectivity index (χ3v) is 4.11. The van der Waals surface area contributed by atoms with Crippen molar-refractivity contribution in [2.24, 2.45) is 0 Å². The summed E-state index contributed by atoms with van der Waals surface area (Å²) >= 11 is 3.24. The van der Waals surface area contributed by atoms with Gasteiger partial charge in [-0.15, -0.1) is 0 Å². The van der Waals surface area contributed by atoms with Gasteiger partial charge in [0.2, 0.25) is 0 Å². The van der Waals surface area contributed by atoms with Crippen LogP contribution in [-0.2, 0) is 6.54 Å². The molecule has 0 bridgehead atoms. The van der Waals surface area contributed by atoms with Crippen LogP contribution in [0.5, 0.6) is 0 Å². The normalized spacial score (nSPS) is 24.2. The third kappa shape index (κ3) is 3.43. The van der Waals surface area contributed by atoms with Crippen LogP contribution < -0.4 is 11.1 Å². The summed E-state index contributed by atoms with van der Waals surface area (Å²) in [5.74, 6) is -0.285. The van der Waals surface area contributed by atoms with Crippen molar-refractivity contribution in [3.63, 3.8) is 0 Å². The fourth-order valence-corrected chi connectivity index (χ4v) is 2.79. The zero-order chi connectivity index (χ0) is 13.1. The van der Waals surface area contributed by atoms with Crippen molar-refractivity contribution in [2.45, 2.75) is 44.4 Å². The van der Waals surface area contributed by atoms with Crippen LogP contribution in [0.4, 0.5) is 10.1 Å². The van der Waals surface area contributed by atoms with Gasteiger partial charge in [0.1, 0.15) is 5.82 Å². The number of aliphatic hydroxyl groups excluding tert-OH is 1. The molecule has 1 aliphatic carbocycles. The van der Waals surface area contributed by atoms with Crippen molar-refractivity contribution in [1.82, 2.24) is 5.32 Å². The maximum atomic E-state index is 13.3. The van der Waals surface area contributed by atoms with E-state index in [1.807, 2.05) is 0 Å². The Bertz CT molecular complexity index is 420. The number of rotatable bonds is 3. The van der Waals surface area contributed by atoms with Crippen LogP contribution in [0.3, 0.4) is 0 Å². The van der Waals surface area contributed by atoms with Crippen molar-refractivity contribution in [2.75, 3.05) is 5.73 Å². The molecule has 100 valence electrons. The standard InChI is InChI=1S/C13H18BrFN2O/c14-12-6-9(15)5-8(13(12)16)7-17-10-1-3-11(18)4-2-10/h5-6,10-11,17-18H,1-4,7,16H2/t10-,11-. The first-order chi connectivity index (χ1) is 8.56. The summed E-state index contributed by atoms with van der Waals surface area (Å²) < 4.78 is 13.9. The summed E-state index contributed by atoms with van der Waals surface area (Å²) in [6.45, 7) is 0.558. The van der Waals surface area contributed by atoms with E-state index in [1.165, 1.54) is 12.1 Å². The fraction of sp³-hybridized carbons (Fsp3) is 0.538. The van der Waals surface area contributed by atoms with Crippen molar-refractivity contribution >= 4 is 21.6 Å². The summed E-state index contributed by atoms with van der Waals surface area (Å²) in [6.07, 6.45) is 3.42. The van der Waals surface area contributed by atoms with Crippen molar-refractivity contribution in [3.8, 4) is 0 Å². The maximum absolute atomic E-state index is 13.3. The van der Waals surface area contributed by atoms with E-state index in [4.69, 9.17) is 5.73 Å². The molecule has 0 saturated heterocycles. The number of halogens is 2. The van der Waals surface area contributed by atoms with Crippen molar-refractivity contribution < 1.29 is 9.50 Å². The maximum Gasteiger partial charge on any atom is 0.124 e. The number of nitrogen functional groups attached to an aromatic ring is 1. The number of nitrogens with two attached hydrogens (primary N) is 1. The zero-order valence-corrected chi connectivity index (χ0v) is 11.7. The van der Waals surface area contributed by atoms with E-state index < -0.39 is 0 Å². The Morgan fingerprint density at radius 3 is 2.67 bits per heavy atom. The first kappa shape index (κ1) is 13.8. The van der Waals surface area contributed by atoms with Crippen LogP contribution in [0.25, 0.3) is 0 Å². The van der Waals surface area contributed by atoms with E-state index in [1.54, 1.807) is 0 Å². The molecule has 0 atom stereocenters. The van der Waals surface area contributed by atoms with Crippen LogP contribution in [0.2, 0.25) is 0 Å². The molecular formula is C13H18BrFN2O. The van der Waals surface area contributed by atoms with Gasteiger partial charge in [0.05, 0.1) is 11.8 Å². The first-order valence-electron chi connectivity index (χ1n) is 6.21. The molecule has 5 heteroatoms. The Kier molecular flexibility index (Phi) is 4.59. The molecule has 2 rings (SSSR count). The molecule has 18 heavy (non-hydrogen) atoms. The van der Waals surface area contributed by atoms with Crippen LogP contribution in [0, 0.1) is 5.82 Å². The van der Waals surface area contributed by atoms with E-state index in [-0.39, 0.29) is 11.9 Å². The average molecular weight is 317 g/mol. The highest BCUT2D eigenvalue weighted by molar-refractivity contribution is 9.10. The summed E-state index contributed by atoms with van der Waals surface area (Å²) in [5, 5.41) is 12.8. The fourth-order valence-electron chi connectivity index (χ4n) is 2.32. The Morgan fingerprint density at radius 2 is 2.00 bits per heavy atom. The smallest absolute Gasteiger partial charge is 0.124 e. The molecular weight excluding hydrogens is 299 g/mol. The molecule has 0 heterocycles. The lowest BCUT2D eigenvalue weighted by atomic mass is 9.93. The van der Waals surface area contributed by atoms with Crippen molar-refractivity contribution in [3.05, 3.63) is 28.0 Å². The SMILES string of the molecule is Nc1c(Br)cc(F)cc1CN[C@H]1CC[C@H](O)CC1. The minimum absolute atomic E-state index is 0.156. The predicted octanol–water partition coefficient (Wildman–Crippen LogP) is 2.56. The lowest BCUT2D eigenvalue weighted by Gasteiger charge is -2.26. The van der Waals surface area contributed by atoms with Crippen LogP contribution in [0.1, 0.15) is 31.2 Å². The summed E-state index contributed by atoms with van der Waals surface area (Å²) in [4.78, 5) is 0. The molecule has 3 nitrogen and oxygen atoms in total. The van der Waals surface area contributed by atoms with Gasteiger partial charge in [-0.1, -0.05) is 0 Å². The number of hydrogen-bond acceptors (Lipinski definition) is 3. The Hall–Kier alpha value is -0.650. The Labute approximate surface area is 115 Å². The summed E-state index contributed by atoms with van der Waals surface area (Å²) in [5.41, 5.74) is 7.25. The highest BCUT2D eigenvalue weighted by Gasteiger charge is 2.19. The minimum atomic E-state index is -0.285. The highest BCUT2D eigenvalue weighted by Crippen LogP contribution is 2.25. The van der Waals surface area contributed by atoms with Crippen molar-refractivity contribution in [1.29, 1.82) is 0 Å². The number of aliphatic hydroxyl groups is 1. The lowest BCUT2D eigenvalue weighted by Crippen LogP contribution is -2.34. The monoisotopic (exact) mass is 316 g/mol.